The van der Waals surface area contributed by atoms with Crippen molar-refractivity contribution < 1.29 is 0 Å². The van der Waals surface area contributed by atoms with Gasteiger partial charge in [-0.15, -0.1) is 35.3 Å². The number of nitrogens with zero attached hydrogens (tertiary/aromatic N) is 2. The molecule has 2 atom stereocenters. The Balaban J connectivity index is 0.00000243. The fourth-order valence-corrected chi connectivity index (χ4v) is 3.94. The highest BCUT2D eigenvalue weighted by molar-refractivity contribution is 14.0. The number of nitrogens with one attached hydrogen (secondary N) is 2. The Kier molecular flexibility index (Phi) is 8.87. The molecule has 0 amide bonds. The first-order chi connectivity index (χ1) is 12.2. The van der Waals surface area contributed by atoms with E-state index < -0.39 is 0 Å². The lowest BCUT2D eigenvalue weighted by atomic mass is 10.2. The molecule has 0 saturated carbocycles. The zero-order chi connectivity index (χ0) is 17.5. The third-order valence-corrected chi connectivity index (χ3v) is 5.45. The Bertz CT molecular complexity index is 660. The van der Waals surface area contributed by atoms with Crippen LogP contribution in [-0.2, 0) is 13.1 Å². The molecule has 0 bridgehead atoms. The lowest BCUT2D eigenvalue weighted by Gasteiger charge is -2.21. The Hall–Kier alpha value is -1.12. The van der Waals surface area contributed by atoms with E-state index in [1.54, 1.807) is 11.3 Å². The van der Waals surface area contributed by atoms with Gasteiger partial charge in [0, 0.05) is 36.6 Å². The Morgan fingerprint density at radius 1 is 1.23 bits per heavy atom. The summed E-state index contributed by atoms with van der Waals surface area (Å²) in [7, 11) is 0. The van der Waals surface area contributed by atoms with Crippen molar-refractivity contribution in [3.05, 3.63) is 58.3 Å². The smallest absolute Gasteiger partial charge is 0.191 e. The van der Waals surface area contributed by atoms with Crippen molar-refractivity contribution in [1.29, 1.82) is 0 Å². The topological polar surface area (TPSA) is 39.7 Å². The van der Waals surface area contributed by atoms with Gasteiger partial charge in [0.2, 0.25) is 0 Å². The number of rotatable bonds is 6. The van der Waals surface area contributed by atoms with Gasteiger partial charge in [0.05, 0.1) is 6.54 Å². The molecule has 0 aliphatic carbocycles. The van der Waals surface area contributed by atoms with Crippen molar-refractivity contribution in [2.24, 2.45) is 4.99 Å². The van der Waals surface area contributed by atoms with Crippen LogP contribution in [-0.4, -0.2) is 36.0 Å². The van der Waals surface area contributed by atoms with E-state index in [-0.39, 0.29) is 24.0 Å². The van der Waals surface area contributed by atoms with Gasteiger partial charge in [-0.05, 0) is 37.3 Å². The molecular formula is C20H29IN4S. The second kappa shape index (κ2) is 10.9. The van der Waals surface area contributed by atoms with Gasteiger partial charge in [0.25, 0.3) is 0 Å². The van der Waals surface area contributed by atoms with Gasteiger partial charge in [-0.2, -0.15) is 0 Å². The molecule has 0 radical (unpaired) electrons. The molecule has 1 aliphatic rings. The summed E-state index contributed by atoms with van der Waals surface area (Å²) in [5, 5.41) is 9.11. The number of hydrogen-bond acceptors (Lipinski definition) is 3. The second-order valence-electron chi connectivity index (χ2n) is 6.62. The summed E-state index contributed by atoms with van der Waals surface area (Å²) in [6, 6.07) is 16.0. The summed E-state index contributed by atoms with van der Waals surface area (Å²) in [6.45, 7) is 8.12. The zero-order valence-electron chi connectivity index (χ0n) is 15.5. The van der Waals surface area contributed by atoms with Gasteiger partial charge in [-0.1, -0.05) is 36.4 Å². The van der Waals surface area contributed by atoms with E-state index in [1.807, 2.05) is 0 Å². The van der Waals surface area contributed by atoms with Crippen molar-refractivity contribution >= 4 is 41.3 Å². The molecule has 3 rings (SSSR count). The third kappa shape index (κ3) is 6.25. The van der Waals surface area contributed by atoms with Gasteiger partial charge in [-0.3, -0.25) is 4.90 Å². The number of thiophene rings is 1. The van der Waals surface area contributed by atoms with Crippen LogP contribution in [0.15, 0.2) is 52.8 Å². The predicted molar refractivity (Wildman–Crippen MR) is 122 cm³/mol. The molecule has 2 unspecified atom stereocenters. The Labute approximate surface area is 178 Å². The largest absolute Gasteiger partial charge is 0.357 e. The summed E-state index contributed by atoms with van der Waals surface area (Å²) in [5.74, 6) is 0.926. The molecule has 26 heavy (non-hydrogen) atoms. The number of guanidine groups is 1. The summed E-state index contributed by atoms with van der Waals surface area (Å²) in [6.07, 6.45) is 1.15. The van der Waals surface area contributed by atoms with Crippen molar-refractivity contribution in [2.75, 3.05) is 13.1 Å². The fourth-order valence-electron chi connectivity index (χ4n) is 3.31. The van der Waals surface area contributed by atoms with Gasteiger partial charge in [0.1, 0.15) is 0 Å². The lowest BCUT2D eigenvalue weighted by Crippen LogP contribution is -2.44. The van der Waals surface area contributed by atoms with E-state index in [4.69, 9.17) is 4.99 Å². The molecule has 4 nitrogen and oxygen atoms in total. The number of halogens is 1. The maximum Gasteiger partial charge on any atom is 0.191 e. The molecule has 1 saturated heterocycles. The molecule has 142 valence electrons. The molecule has 1 aliphatic heterocycles. The molecule has 2 aromatic rings. The van der Waals surface area contributed by atoms with Gasteiger partial charge in [0.15, 0.2) is 5.96 Å². The van der Waals surface area contributed by atoms with E-state index in [0.29, 0.717) is 12.1 Å². The van der Waals surface area contributed by atoms with Gasteiger partial charge in [-0.25, -0.2) is 4.99 Å². The predicted octanol–water partition coefficient (Wildman–Crippen LogP) is 4.08. The average Bonchev–Trinajstić information content (AvgIpc) is 3.24. The fraction of sp³-hybridized carbons (Fsp3) is 0.450. The molecule has 1 fully saturated rings. The number of aliphatic imine (C=N–C) groups is 1. The Morgan fingerprint density at radius 2 is 2.04 bits per heavy atom. The van der Waals surface area contributed by atoms with E-state index >= 15 is 0 Å². The maximum absolute atomic E-state index is 4.74. The van der Waals surface area contributed by atoms with Crippen LogP contribution >= 0.6 is 35.3 Å². The van der Waals surface area contributed by atoms with Crippen molar-refractivity contribution in [3.63, 3.8) is 0 Å². The minimum Gasteiger partial charge on any atom is -0.357 e. The SMILES string of the molecule is CCNC(=NCc1cccs1)NC1CC(C)N(Cc2ccccc2)C1.I. The highest BCUT2D eigenvalue weighted by Gasteiger charge is 2.29. The quantitative estimate of drug-likeness (QED) is 0.369. The van der Waals surface area contributed by atoms with Crippen LogP contribution in [0.3, 0.4) is 0 Å². The molecule has 6 heteroatoms. The summed E-state index contributed by atoms with van der Waals surface area (Å²) in [4.78, 5) is 8.59. The normalized spacial score (nSPS) is 20.6. The maximum atomic E-state index is 4.74. The van der Waals surface area contributed by atoms with E-state index in [0.717, 1.165) is 38.6 Å². The van der Waals surface area contributed by atoms with Crippen LogP contribution in [0, 0.1) is 0 Å². The van der Waals surface area contributed by atoms with Crippen LogP contribution in [0.1, 0.15) is 30.7 Å². The zero-order valence-corrected chi connectivity index (χ0v) is 18.7. The highest BCUT2D eigenvalue weighted by atomic mass is 127. The highest BCUT2D eigenvalue weighted by Crippen LogP contribution is 2.20. The monoisotopic (exact) mass is 484 g/mol. The first kappa shape index (κ1) is 21.2. The van der Waals surface area contributed by atoms with Crippen LogP contribution in [0.4, 0.5) is 0 Å². The summed E-state index contributed by atoms with van der Waals surface area (Å²) in [5.41, 5.74) is 1.38. The van der Waals surface area contributed by atoms with E-state index in [2.05, 4.69) is 77.2 Å². The van der Waals surface area contributed by atoms with E-state index in [1.165, 1.54) is 10.4 Å². The van der Waals surface area contributed by atoms with Crippen molar-refractivity contribution in [3.8, 4) is 0 Å². The van der Waals surface area contributed by atoms with Crippen molar-refractivity contribution in [1.82, 2.24) is 15.5 Å². The summed E-state index contributed by atoms with van der Waals surface area (Å²) < 4.78 is 0. The minimum atomic E-state index is 0. The lowest BCUT2D eigenvalue weighted by molar-refractivity contribution is 0.258. The van der Waals surface area contributed by atoms with Gasteiger partial charge >= 0.3 is 0 Å². The molecular weight excluding hydrogens is 455 g/mol. The van der Waals surface area contributed by atoms with Crippen LogP contribution < -0.4 is 10.6 Å². The average molecular weight is 484 g/mol. The third-order valence-electron chi connectivity index (χ3n) is 4.59. The first-order valence-corrected chi connectivity index (χ1v) is 9.97. The van der Waals surface area contributed by atoms with Crippen molar-refractivity contribution in [2.45, 2.75) is 45.4 Å². The minimum absolute atomic E-state index is 0. The number of hydrogen-bond donors (Lipinski definition) is 2. The second-order valence-corrected chi connectivity index (χ2v) is 7.65. The summed E-state index contributed by atoms with van der Waals surface area (Å²) >= 11 is 1.76. The molecule has 2 N–H and O–H groups in total. The standard InChI is InChI=1S/C20H28N4S.HI/c1-3-21-20(22-13-19-10-7-11-25-19)23-18-12-16(2)24(15-18)14-17-8-5-4-6-9-17;/h4-11,16,18H,3,12-15H2,1-2H3,(H2,21,22,23);1H. The molecule has 0 spiro atoms. The number of likely N-dealkylation sites (tertiary alicyclic amines) is 1. The van der Waals surface area contributed by atoms with Gasteiger partial charge < -0.3 is 10.6 Å². The van der Waals surface area contributed by atoms with Crippen LogP contribution in [0.5, 0.6) is 0 Å². The van der Waals surface area contributed by atoms with Crippen LogP contribution in [0.2, 0.25) is 0 Å². The van der Waals surface area contributed by atoms with E-state index in [9.17, 15) is 0 Å². The Morgan fingerprint density at radius 3 is 2.73 bits per heavy atom. The molecule has 2 heterocycles. The number of benzene rings is 1. The molecule has 1 aromatic carbocycles. The van der Waals surface area contributed by atoms with Crippen LogP contribution in [0.25, 0.3) is 0 Å². The first-order valence-electron chi connectivity index (χ1n) is 9.09. The molecule has 1 aromatic heterocycles.